The minimum absolute atomic E-state index is 0.228. The molecule has 0 saturated heterocycles. The fourth-order valence-electron chi connectivity index (χ4n) is 0.866. The van der Waals surface area contributed by atoms with Gasteiger partial charge in [-0.2, -0.15) is 10.1 Å². The number of rotatable bonds is 1. The Bertz CT molecular complexity index is 487. The zero-order valence-electron chi connectivity index (χ0n) is 5.80. The van der Waals surface area contributed by atoms with Gasteiger partial charge in [-0.05, 0) is 0 Å². The van der Waals surface area contributed by atoms with Crippen molar-refractivity contribution >= 4 is 22.6 Å². The summed E-state index contributed by atoms with van der Waals surface area (Å²) >= 11 is 1.21. The Balaban J connectivity index is 2.98. The van der Waals surface area contributed by atoms with E-state index in [0.717, 1.165) is 6.07 Å². The average Bonchev–Trinajstić information content (AvgIpc) is 2.50. The molecule has 2 aromatic rings. The van der Waals surface area contributed by atoms with Gasteiger partial charge in [-0.3, -0.25) is 9.59 Å². The van der Waals surface area contributed by atoms with E-state index in [4.69, 9.17) is 0 Å². The minimum Gasteiger partial charge on any atom is -0.296 e. The molecule has 2 heterocycles. The summed E-state index contributed by atoms with van der Waals surface area (Å²) in [6.45, 7) is 0. The number of fused-ring (bicyclic) bond motifs is 1. The van der Waals surface area contributed by atoms with E-state index in [9.17, 15) is 9.59 Å². The Kier molecular flexibility index (Phi) is 1.47. The van der Waals surface area contributed by atoms with Crippen LogP contribution in [0.25, 0.3) is 4.96 Å². The van der Waals surface area contributed by atoms with Crippen LogP contribution in [-0.2, 0) is 0 Å². The van der Waals surface area contributed by atoms with E-state index in [-0.39, 0.29) is 5.69 Å². The largest absolute Gasteiger partial charge is 0.296 e. The first-order valence-corrected chi connectivity index (χ1v) is 3.98. The number of aromatic nitrogens is 3. The quantitative estimate of drug-likeness (QED) is 0.579. The Morgan fingerprint density at radius 2 is 2.42 bits per heavy atom. The molecule has 0 aromatic carbocycles. The van der Waals surface area contributed by atoms with Crippen LogP contribution in [0.1, 0.15) is 10.5 Å². The van der Waals surface area contributed by atoms with Crippen molar-refractivity contribution in [3.63, 3.8) is 0 Å². The molecule has 0 spiro atoms. The number of nitrogens with zero attached hydrogens (tertiary/aromatic N) is 3. The summed E-state index contributed by atoms with van der Waals surface area (Å²) in [5.74, 6) is 0. The van der Waals surface area contributed by atoms with E-state index in [1.54, 1.807) is 0 Å². The zero-order chi connectivity index (χ0) is 8.55. The summed E-state index contributed by atoms with van der Waals surface area (Å²) in [5, 5.41) is 3.83. The van der Waals surface area contributed by atoms with Gasteiger partial charge in [-0.1, -0.05) is 11.3 Å². The third-order valence-electron chi connectivity index (χ3n) is 1.34. The molecule has 0 atom stereocenters. The van der Waals surface area contributed by atoms with Gasteiger partial charge in [0.2, 0.25) is 4.96 Å². The van der Waals surface area contributed by atoms with Gasteiger partial charge in [0.25, 0.3) is 5.56 Å². The first-order valence-electron chi connectivity index (χ1n) is 3.10. The van der Waals surface area contributed by atoms with Gasteiger partial charge in [0.1, 0.15) is 11.2 Å². The molecule has 0 bridgehead atoms. The molecule has 0 radical (unpaired) electrons. The lowest BCUT2D eigenvalue weighted by Gasteiger charge is -1.91. The maximum atomic E-state index is 10.9. The summed E-state index contributed by atoms with van der Waals surface area (Å²) in [4.78, 5) is 25.4. The van der Waals surface area contributed by atoms with Gasteiger partial charge >= 0.3 is 0 Å². The molecule has 0 saturated carbocycles. The van der Waals surface area contributed by atoms with Gasteiger partial charge in [0.05, 0.1) is 0 Å². The summed E-state index contributed by atoms with van der Waals surface area (Å²) in [6, 6.07) is 1.15. The lowest BCUT2D eigenvalue weighted by atomic mass is 10.4. The van der Waals surface area contributed by atoms with Crippen LogP contribution < -0.4 is 5.56 Å². The predicted octanol–water partition coefficient (Wildman–Crippen LogP) is -0.0365. The first kappa shape index (κ1) is 7.11. The van der Waals surface area contributed by atoms with Crippen molar-refractivity contribution < 1.29 is 4.79 Å². The molecule has 0 amide bonds. The zero-order valence-corrected chi connectivity index (χ0v) is 6.61. The highest BCUT2D eigenvalue weighted by atomic mass is 32.1. The fraction of sp³-hybridized carbons (Fsp3) is 0. The molecule has 2 aromatic heterocycles. The monoisotopic (exact) mass is 181 g/mol. The highest BCUT2D eigenvalue weighted by molar-refractivity contribution is 7.14. The minimum atomic E-state index is -0.415. The number of aldehydes is 1. The van der Waals surface area contributed by atoms with E-state index in [1.165, 1.54) is 21.4 Å². The maximum Gasteiger partial charge on any atom is 0.274 e. The van der Waals surface area contributed by atoms with Crippen molar-refractivity contribution in [1.82, 2.24) is 14.6 Å². The van der Waals surface area contributed by atoms with Crippen LogP contribution in [-0.4, -0.2) is 20.9 Å². The molecule has 0 unspecified atom stereocenters. The van der Waals surface area contributed by atoms with Gasteiger partial charge in [0, 0.05) is 6.07 Å². The summed E-state index contributed by atoms with van der Waals surface area (Å²) in [5.41, 5.74) is 1.34. The third kappa shape index (κ3) is 0.928. The summed E-state index contributed by atoms with van der Waals surface area (Å²) in [7, 11) is 0. The van der Waals surface area contributed by atoms with Crippen molar-refractivity contribution in [1.29, 1.82) is 0 Å². The van der Waals surface area contributed by atoms with Gasteiger partial charge in [0.15, 0.2) is 6.29 Å². The molecule has 6 heteroatoms. The van der Waals surface area contributed by atoms with Gasteiger partial charge in [-0.15, -0.1) is 0 Å². The second-order valence-corrected chi connectivity index (χ2v) is 2.88. The van der Waals surface area contributed by atoms with Gasteiger partial charge < -0.3 is 0 Å². The van der Waals surface area contributed by atoms with Crippen LogP contribution in [0.2, 0.25) is 0 Å². The van der Waals surface area contributed by atoms with Gasteiger partial charge in [-0.25, -0.2) is 4.52 Å². The predicted molar refractivity (Wildman–Crippen MR) is 42.5 cm³/mol. The highest BCUT2D eigenvalue weighted by Gasteiger charge is 2.02. The molecule has 0 fully saturated rings. The molecule has 0 aliphatic heterocycles. The number of hydrogen-bond donors (Lipinski definition) is 0. The number of carbonyl (C=O) groups is 1. The third-order valence-corrected chi connectivity index (χ3v) is 2.02. The normalized spacial score (nSPS) is 10.3. The lowest BCUT2D eigenvalue weighted by Crippen LogP contribution is -2.10. The molecule has 0 aliphatic rings. The van der Waals surface area contributed by atoms with Crippen molar-refractivity contribution in [2.45, 2.75) is 0 Å². The number of hydrogen-bond acceptors (Lipinski definition) is 5. The Hall–Kier alpha value is -1.56. The van der Waals surface area contributed by atoms with Crippen LogP contribution in [0.4, 0.5) is 0 Å². The second-order valence-electron chi connectivity index (χ2n) is 2.07. The molecule has 5 nitrogen and oxygen atoms in total. The second kappa shape index (κ2) is 2.49. The van der Waals surface area contributed by atoms with E-state index >= 15 is 0 Å². The summed E-state index contributed by atoms with van der Waals surface area (Å²) < 4.78 is 1.33. The Morgan fingerprint density at radius 3 is 3.17 bits per heavy atom. The topological polar surface area (TPSA) is 64.3 Å². The van der Waals surface area contributed by atoms with E-state index in [2.05, 4.69) is 10.1 Å². The first-order chi connectivity index (χ1) is 5.81. The molecule has 2 rings (SSSR count). The molecule has 0 aliphatic carbocycles. The molecular formula is C6H3N3O2S. The van der Waals surface area contributed by atoms with Crippen LogP contribution in [0.15, 0.2) is 16.4 Å². The Labute approximate surface area is 70.3 Å². The lowest BCUT2D eigenvalue weighted by molar-refractivity contribution is 0.111. The molecular weight excluding hydrogens is 178 g/mol. The summed E-state index contributed by atoms with van der Waals surface area (Å²) in [6.07, 6.45) is 0.579. The van der Waals surface area contributed by atoms with Crippen molar-refractivity contribution in [2.75, 3.05) is 0 Å². The number of carbonyl (C=O) groups excluding carboxylic acids is 1. The van der Waals surface area contributed by atoms with Crippen LogP contribution in [0.5, 0.6) is 0 Å². The van der Waals surface area contributed by atoms with Crippen molar-refractivity contribution in [3.05, 3.63) is 27.6 Å². The van der Waals surface area contributed by atoms with Crippen LogP contribution in [0.3, 0.4) is 0 Å². The van der Waals surface area contributed by atoms with E-state index in [0.29, 0.717) is 11.2 Å². The Morgan fingerprint density at radius 1 is 1.58 bits per heavy atom. The smallest absolute Gasteiger partial charge is 0.274 e. The standard InChI is InChI=1S/C6H3N3O2S/c10-2-4-1-5(11)8-6-9(4)7-3-12-6/h1-3H. The SMILES string of the molecule is O=Cc1cc(=O)nc2scnn12. The van der Waals surface area contributed by atoms with E-state index in [1.807, 2.05) is 0 Å². The van der Waals surface area contributed by atoms with Crippen molar-refractivity contribution in [2.24, 2.45) is 0 Å². The van der Waals surface area contributed by atoms with E-state index < -0.39 is 5.56 Å². The molecule has 0 N–H and O–H groups in total. The van der Waals surface area contributed by atoms with Crippen molar-refractivity contribution in [3.8, 4) is 0 Å². The highest BCUT2D eigenvalue weighted by Crippen LogP contribution is 2.03. The van der Waals surface area contributed by atoms with Crippen LogP contribution >= 0.6 is 11.3 Å². The molecule has 12 heavy (non-hydrogen) atoms. The fourth-order valence-corrected chi connectivity index (χ4v) is 1.50. The molecule has 60 valence electrons. The maximum absolute atomic E-state index is 10.9. The van der Waals surface area contributed by atoms with Crippen LogP contribution in [0, 0.1) is 0 Å². The average molecular weight is 181 g/mol.